The second-order valence-corrected chi connectivity index (χ2v) is 10.0. The molecule has 1 fully saturated rings. The van der Waals surface area contributed by atoms with E-state index in [1.165, 1.54) is 16.8 Å². The molecule has 1 atom stereocenters. The van der Waals surface area contributed by atoms with Crippen molar-refractivity contribution < 1.29 is 14.2 Å². The van der Waals surface area contributed by atoms with E-state index in [2.05, 4.69) is 81.6 Å². The van der Waals surface area contributed by atoms with Gasteiger partial charge >= 0.3 is 0 Å². The van der Waals surface area contributed by atoms with Gasteiger partial charge in [0.15, 0.2) is 11.5 Å². The Morgan fingerprint density at radius 3 is 2.21 bits per heavy atom. The maximum atomic E-state index is 5.61. The van der Waals surface area contributed by atoms with E-state index in [0.29, 0.717) is 29.2 Å². The SMILES string of the molecule is COc1cc(C2=CC(CN(c3ccc(Br)cc3)C3CCNCC3)=CC(C)C2)cc(OC)c1OC. The van der Waals surface area contributed by atoms with Crippen molar-refractivity contribution in [2.75, 3.05) is 45.9 Å². The highest BCUT2D eigenvalue weighted by Gasteiger charge is 2.24. The van der Waals surface area contributed by atoms with Crippen LogP contribution in [0.25, 0.3) is 5.57 Å². The Labute approximate surface area is 211 Å². The Balaban J connectivity index is 1.66. The highest BCUT2D eigenvalue weighted by molar-refractivity contribution is 9.10. The summed E-state index contributed by atoms with van der Waals surface area (Å²) in [5, 5.41) is 3.51. The fraction of sp³-hybridized carbons (Fsp3) is 0.429. The zero-order valence-electron chi connectivity index (χ0n) is 20.6. The van der Waals surface area contributed by atoms with E-state index in [1.54, 1.807) is 21.3 Å². The molecular weight excluding hydrogens is 492 g/mol. The van der Waals surface area contributed by atoms with Crippen LogP contribution in [0, 0.1) is 5.92 Å². The highest BCUT2D eigenvalue weighted by atomic mass is 79.9. The minimum absolute atomic E-state index is 0.453. The summed E-state index contributed by atoms with van der Waals surface area (Å²) in [6.07, 6.45) is 8.07. The molecule has 2 aromatic carbocycles. The van der Waals surface area contributed by atoms with Gasteiger partial charge in [0, 0.05) is 22.7 Å². The number of methoxy groups -OCH3 is 3. The van der Waals surface area contributed by atoms with Gasteiger partial charge in [0.1, 0.15) is 0 Å². The van der Waals surface area contributed by atoms with Crippen LogP contribution < -0.4 is 24.4 Å². The predicted octanol–water partition coefficient (Wildman–Crippen LogP) is 6.08. The molecular formula is C28H35BrN2O3. The monoisotopic (exact) mass is 526 g/mol. The lowest BCUT2D eigenvalue weighted by Crippen LogP contribution is -2.44. The molecule has 1 aliphatic heterocycles. The lowest BCUT2D eigenvalue weighted by molar-refractivity contribution is 0.324. The third-order valence-electron chi connectivity index (χ3n) is 6.70. The molecule has 2 aliphatic rings. The third-order valence-corrected chi connectivity index (χ3v) is 7.22. The number of nitrogens with one attached hydrogen (secondary N) is 1. The van der Waals surface area contributed by atoms with Crippen LogP contribution in [0.4, 0.5) is 5.69 Å². The van der Waals surface area contributed by atoms with Crippen LogP contribution in [0.1, 0.15) is 31.7 Å². The summed E-state index contributed by atoms with van der Waals surface area (Å²) in [7, 11) is 4.97. The van der Waals surface area contributed by atoms with Crippen molar-refractivity contribution in [2.24, 2.45) is 5.92 Å². The van der Waals surface area contributed by atoms with Crippen LogP contribution in [0.15, 0.2) is 58.6 Å². The van der Waals surface area contributed by atoms with E-state index in [0.717, 1.165) is 48.9 Å². The van der Waals surface area contributed by atoms with Gasteiger partial charge in [0.2, 0.25) is 5.75 Å². The molecule has 1 heterocycles. The number of ether oxygens (including phenoxy) is 3. The van der Waals surface area contributed by atoms with Gasteiger partial charge in [-0.1, -0.05) is 35.0 Å². The van der Waals surface area contributed by atoms with Crippen LogP contribution in [0.5, 0.6) is 17.2 Å². The van der Waals surface area contributed by atoms with Crippen molar-refractivity contribution in [3.05, 3.63) is 64.2 Å². The summed E-state index contributed by atoms with van der Waals surface area (Å²) in [6.45, 7) is 5.32. The normalized spacial score (nSPS) is 18.7. The molecule has 0 bridgehead atoms. The van der Waals surface area contributed by atoms with Gasteiger partial charge < -0.3 is 24.4 Å². The van der Waals surface area contributed by atoms with Gasteiger partial charge in [-0.3, -0.25) is 0 Å². The molecule has 0 amide bonds. The number of allylic oxidation sites excluding steroid dienone is 2. The number of hydrogen-bond donors (Lipinski definition) is 1. The lowest BCUT2D eigenvalue weighted by atomic mass is 9.87. The molecule has 1 aliphatic carbocycles. The largest absolute Gasteiger partial charge is 0.493 e. The first kappa shape index (κ1) is 24.7. The van der Waals surface area contributed by atoms with Crippen molar-refractivity contribution >= 4 is 27.2 Å². The summed E-state index contributed by atoms with van der Waals surface area (Å²) in [6, 6.07) is 13.4. The number of halogens is 1. The average Bonchev–Trinajstić information content (AvgIpc) is 2.87. The van der Waals surface area contributed by atoms with Gasteiger partial charge in [0.05, 0.1) is 21.3 Å². The van der Waals surface area contributed by atoms with Crippen LogP contribution >= 0.6 is 15.9 Å². The first-order valence-corrected chi connectivity index (χ1v) is 12.8. The maximum Gasteiger partial charge on any atom is 0.203 e. The average molecular weight is 528 g/mol. The number of benzene rings is 2. The molecule has 0 radical (unpaired) electrons. The Kier molecular flexibility index (Phi) is 8.22. The zero-order chi connectivity index (χ0) is 24.1. The van der Waals surface area contributed by atoms with E-state index in [9.17, 15) is 0 Å². The second kappa shape index (κ2) is 11.3. The van der Waals surface area contributed by atoms with Crippen molar-refractivity contribution in [2.45, 2.75) is 32.2 Å². The Bertz CT molecular complexity index is 1020. The molecule has 0 spiro atoms. The standard InChI is InChI=1S/C28H35BrN2O3/c1-19-13-20(15-21(14-19)22-16-26(32-2)28(34-4)27(17-22)33-3)18-31(25-9-11-30-12-10-25)24-7-5-23(29)6-8-24/h5-8,13,15-17,19,25,30H,9-12,14,18H2,1-4H3. The molecule has 0 saturated carbocycles. The number of piperidine rings is 1. The van der Waals surface area contributed by atoms with Crippen LogP contribution in [0.3, 0.4) is 0 Å². The number of nitrogens with zero attached hydrogens (tertiary/aromatic N) is 1. The van der Waals surface area contributed by atoms with Crippen LogP contribution in [-0.4, -0.2) is 47.0 Å². The number of rotatable bonds is 8. The summed E-state index contributed by atoms with van der Waals surface area (Å²) in [5.74, 6) is 2.45. The molecule has 1 unspecified atom stereocenters. The van der Waals surface area contributed by atoms with Gasteiger partial charge in [0.25, 0.3) is 0 Å². The minimum atomic E-state index is 0.453. The predicted molar refractivity (Wildman–Crippen MR) is 143 cm³/mol. The van der Waals surface area contributed by atoms with E-state index in [-0.39, 0.29) is 0 Å². The molecule has 1 saturated heterocycles. The van der Waals surface area contributed by atoms with E-state index < -0.39 is 0 Å². The van der Waals surface area contributed by atoms with Crippen molar-refractivity contribution in [3.8, 4) is 17.2 Å². The highest BCUT2D eigenvalue weighted by Crippen LogP contribution is 2.42. The molecule has 0 aromatic heterocycles. The molecule has 182 valence electrons. The van der Waals surface area contributed by atoms with E-state index in [4.69, 9.17) is 14.2 Å². The van der Waals surface area contributed by atoms with Gasteiger partial charge in [-0.05, 0) is 91.4 Å². The van der Waals surface area contributed by atoms with E-state index in [1.807, 2.05) is 0 Å². The molecule has 2 aromatic rings. The zero-order valence-corrected chi connectivity index (χ0v) is 22.2. The molecule has 1 N–H and O–H groups in total. The number of hydrogen-bond acceptors (Lipinski definition) is 5. The minimum Gasteiger partial charge on any atom is -0.493 e. The fourth-order valence-corrected chi connectivity index (χ4v) is 5.31. The second-order valence-electron chi connectivity index (χ2n) is 9.09. The smallest absolute Gasteiger partial charge is 0.203 e. The van der Waals surface area contributed by atoms with Crippen molar-refractivity contribution in [3.63, 3.8) is 0 Å². The van der Waals surface area contributed by atoms with Crippen LogP contribution in [-0.2, 0) is 0 Å². The third kappa shape index (κ3) is 5.61. The Morgan fingerprint density at radius 1 is 0.971 bits per heavy atom. The quantitative estimate of drug-likeness (QED) is 0.451. The Hall–Kier alpha value is -2.44. The van der Waals surface area contributed by atoms with E-state index >= 15 is 0 Å². The van der Waals surface area contributed by atoms with Crippen molar-refractivity contribution in [1.82, 2.24) is 5.32 Å². The van der Waals surface area contributed by atoms with Gasteiger partial charge in [-0.15, -0.1) is 0 Å². The van der Waals surface area contributed by atoms with Gasteiger partial charge in [-0.2, -0.15) is 0 Å². The lowest BCUT2D eigenvalue weighted by Gasteiger charge is -2.37. The van der Waals surface area contributed by atoms with Crippen LogP contribution in [0.2, 0.25) is 0 Å². The molecule has 34 heavy (non-hydrogen) atoms. The first-order valence-electron chi connectivity index (χ1n) is 12.0. The topological polar surface area (TPSA) is 43.0 Å². The summed E-state index contributed by atoms with van der Waals surface area (Å²) < 4.78 is 17.9. The fourth-order valence-electron chi connectivity index (χ4n) is 5.05. The van der Waals surface area contributed by atoms with Gasteiger partial charge in [-0.25, -0.2) is 0 Å². The maximum absolute atomic E-state index is 5.61. The molecule has 4 rings (SSSR count). The molecule has 6 heteroatoms. The Morgan fingerprint density at radius 2 is 1.62 bits per heavy atom. The van der Waals surface area contributed by atoms with Crippen molar-refractivity contribution in [1.29, 1.82) is 0 Å². The summed E-state index contributed by atoms with van der Waals surface area (Å²) >= 11 is 3.59. The number of anilines is 1. The summed E-state index contributed by atoms with van der Waals surface area (Å²) in [5.41, 5.74) is 5.04. The summed E-state index contributed by atoms with van der Waals surface area (Å²) in [4.78, 5) is 2.58. The molecule has 5 nitrogen and oxygen atoms in total. The first-order chi connectivity index (χ1) is 16.5.